The molecule has 88 valence electrons. The Bertz CT molecular complexity index is 221. The molecule has 0 amide bonds. The Morgan fingerprint density at radius 3 is 2.80 bits per heavy atom. The van der Waals surface area contributed by atoms with Gasteiger partial charge in [-0.05, 0) is 25.8 Å². The maximum absolute atomic E-state index is 10.6. The summed E-state index contributed by atoms with van der Waals surface area (Å²) in [7, 11) is 1.98. The third kappa shape index (κ3) is 3.80. The van der Waals surface area contributed by atoms with Crippen molar-refractivity contribution in [2.24, 2.45) is 11.7 Å². The number of hydrogen-bond donors (Lipinski definition) is 2. The summed E-state index contributed by atoms with van der Waals surface area (Å²) in [5.41, 5.74) is 5.52. The zero-order valence-corrected chi connectivity index (χ0v) is 9.65. The third-order valence-electron chi connectivity index (χ3n) is 3.33. The Balaban J connectivity index is 2.38. The lowest BCUT2D eigenvalue weighted by Crippen LogP contribution is -2.46. The van der Waals surface area contributed by atoms with Crippen LogP contribution in [0.25, 0.3) is 0 Å². The molecular weight excluding hydrogens is 192 g/mol. The molecule has 1 fully saturated rings. The van der Waals surface area contributed by atoms with Crippen molar-refractivity contribution in [1.82, 2.24) is 4.90 Å². The van der Waals surface area contributed by atoms with Gasteiger partial charge in [0.1, 0.15) is 6.04 Å². The van der Waals surface area contributed by atoms with Crippen molar-refractivity contribution in [2.75, 3.05) is 13.6 Å². The summed E-state index contributed by atoms with van der Waals surface area (Å²) in [5.74, 6) is -0.155. The molecule has 1 rings (SSSR count). The minimum Gasteiger partial charge on any atom is -0.480 e. The Kier molecular flexibility index (Phi) is 4.54. The molecule has 0 spiro atoms. The minimum atomic E-state index is -0.911. The van der Waals surface area contributed by atoms with Crippen LogP contribution in [-0.4, -0.2) is 41.7 Å². The standard InChI is InChI=1S/C11H22N2O2/c1-8-4-3-5-9(6-8)13(2)7-10(12)11(14)15/h8-10H,3-7,12H2,1-2H3,(H,14,15). The fourth-order valence-corrected chi connectivity index (χ4v) is 2.34. The largest absolute Gasteiger partial charge is 0.480 e. The topological polar surface area (TPSA) is 66.6 Å². The summed E-state index contributed by atoms with van der Waals surface area (Å²) in [5, 5.41) is 8.73. The smallest absolute Gasteiger partial charge is 0.321 e. The molecule has 0 heterocycles. The van der Waals surface area contributed by atoms with Crippen LogP contribution in [0.15, 0.2) is 0 Å². The van der Waals surface area contributed by atoms with E-state index in [1.54, 1.807) is 0 Å². The number of carboxylic acids is 1. The van der Waals surface area contributed by atoms with Gasteiger partial charge in [0, 0.05) is 12.6 Å². The number of nitrogens with two attached hydrogens (primary N) is 1. The maximum atomic E-state index is 10.6. The van der Waals surface area contributed by atoms with E-state index in [1.807, 2.05) is 7.05 Å². The van der Waals surface area contributed by atoms with Gasteiger partial charge in [-0.2, -0.15) is 0 Å². The van der Waals surface area contributed by atoms with Crippen LogP contribution in [-0.2, 0) is 4.79 Å². The molecule has 1 aliphatic carbocycles. The average Bonchev–Trinajstić information content (AvgIpc) is 2.17. The SMILES string of the molecule is CC1CCCC(N(C)CC(N)C(=O)O)C1. The van der Waals surface area contributed by atoms with Crippen LogP contribution in [0.1, 0.15) is 32.6 Å². The molecule has 1 aliphatic rings. The molecule has 0 aromatic rings. The van der Waals surface area contributed by atoms with E-state index >= 15 is 0 Å². The van der Waals surface area contributed by atoms with Crippen molar-refractivity contribution < 1.29 is 9.90 Å². The van der Waals surface area contributed by atoms with Crippen molar-refractivity contribution in [3.8, 4) is 0 Å². The lowest BCUT2D eigenvalue weighted by atomic mass is 9.86. The van der Waals surface area contributed by atoms with Crippen molar-refractivity contribution in [3.05, 3.63) is 0 Å². The van der Waals surface area contributed by atoms with Crippen molar-refractivity contribution >= 4 is 5.97 Å². The predicted molar refractivity (Wildman–Crippen MR) is 59.7 cm³/mol. The second kappa shape index (κ2) is 5.47. The van der Waals surface area contributed by atoms with Crippen molar-refractivity contribution in [2.45, 2.75) is 44.7 Å². The van der Waals surface area contributed by atoms with E-state index in [4.69, 9.17) is 10.8 Å². The lowest BCUT2D eigenvalue weighted by Gasteiger charge is -2.34. The highest BCUT2D eigenvalue weighted by atomic mass is 16.4. The Morgan fingerprint density at radius 2 is 2.27 bits per heavy atom. The molecule has 15 heavy (non-hydrogen) atoms. The van der Waals surface area contributed by atoms with E-state index in [-0.39, 0.29) is 0 Å². The molecule has 0 aliphatic heterocycles. The fourth-order valence-electron chi connectivity index (χ4n) is 2.34. The summed E-state index contributed by atoms with van der Waals surface area (Å²) in [6, 6.07) is -0.244. The summed E-state index contributed by atoms with van der Waals surface area (Å²) in [6.07, 6.45) is 4.89. The van der Waals surface area contributed by atoms with Gasteiger partial charge in [0.2, 0.25) is 0 Å². The lowest BCUT2D eigenvalue weighted by molar-refractivity contribution is -0.139. The first-order valence-corrected chi connectivity index (χ1v) is 5.69. The number of rotatable bonds is 4. The minimum absolute atomic E-state index is 0.451. The van der Waals surface area contributed by atoms with Crippen LogP contribution in [0.4, 0.5) is 0 Å². The third-order valence-corrected chi connectivity index (χ3v) is 3.33. The van der Waals surface area contributed by atoms with E-state index in [0.717, 1.165) is 5.92 Å². The molecule has 3 unspecified atom stereocenters. The first-order chi connectivity index (χ1) is 7.00. The van der Waals surface area contributed by atoms with Gasteiger partial charge in [0.25, 0.3) is 0 Å². The quantitative estimate of drug-likeness (QED) is 0.730. The highest BCUT2D eigenvalue weighted by molar-refractivity contribution is 5.73. The van der Waals surface area contributed by atoms with E-state index in [1.165, 1.54) is 25.7 Å². The molecule has 0 aromatic carbocycles. The van der Waals surface area contributed by atoms with Crippen LogP contribution in [0, 0.1) is 5.92 Å². The number of aliphatic carboxylic acids is 1. The molecule has 3 atom stereocenters. The first-order valence-electron chi connectivity index (χ1n) is 5.69. The molecule has 0 aromatic heterocycles. The van der Waals surface area contributed by atoms with E-state index in [2.05, 4.69) is 11.8 Å². The second-order valence-corrected chi connectivity index (χ2v) is 4.81. The Morgan fingerprint density at radius 1 is 1.60 bits per heavy atom. The summed E-state index contributed by atoms with van der Waals surface area (Å²) < 4.78 is 0. The molecule has 4 nitrogen and oxygen atoms in total. The molecule has 3 N–H and O–H groups in total. The van der Waals surface area contributed by atoms with Crippen LogP contribution in [0.3, 0.4) is 0 Å². The molecule has 0 saturated heterocycles. The molecular formula is C11H22N2O2. The molecule has 4 heteroatoms. The highest BCUT2D eigenvalue weighted by Crippen LogP contribution is 2.26. The molecule has 1 saturated carbocycles. The van der Waals surface area contributed by atoms with E-state index < -0.39 is 12.0 Å². The number of carbonyl (C=O) groups is 1. The number of likely N-dealkylation sites (N-methyl/N-ethyl adjacent to an activating group) is 1. The summed E-state index contributed by atoms with van der Waals surface area (Å²) >= 11 is 0. The van der Waals surface area contributed by atoms with Gasteiger partial charge in [-0.1, -0.05) is 19.8 Å². The normalized spacial score (nSPS) is 29.1. The van der Waals surface area contributed by atoms with E-state index in [9.17, 15) is 4.79 Å². The van der Waals surface area contributed by atoms with Gasteiger partial charge in [-0.3, -0.25) is 4.79 Å². The van der Waals surface area contributed by atoms with E-state index in [0.29, 0.717) is 12.6 Å². The summed E-state index contributed by atoms with van der Waals surface area (Å²) in [6.45, 7) is 2.71. The van der Waals surface area contributed by atoms with Gasteiger partial charge in [-0.15, -0.1) is 0 Å². The van der Waals surface area contributed by atoms with Gasteiger partial charge in [0.05, 0.1) is 0 Å². The number of carboxylic acid groups (broad SMARTS) is 1. The van der Waals surface area contributed by atoms with Gasteiger partial charge in [0.15, 0.2) is 0 Å². The average molecular weight is 214 g/mol. The summed E-state index contributed by atoms with van der Waals surface area (Å²) in [4.78, 5) is 12.7. The predicted octanol–water partition coefficient (Wildman–Crippen LogP) is 0.909. The van der Waals surface area contributed by atoms with Gasteiger partial charge >= 0.3 is 5.97 Å². The number of nitrogens with zero attached hydrogens (tertiary/aromatic N) is 1. The van der Waals surface area contributed by atoms with Crippen molar-refractivity contribution in [1.29, 1.82) is 0 Å². The maximum Gasteiger partial charge on any atom is 0.321 e. The number of hydrogen-bond acceptors (Lipinski definition) is 3. The monoisotopic (exact) mass is 214 g/mol. The van der Waals surface area contributed by atoms with Crippen LogP contribution in [0.2, 0.25) is 0 Å². The van der Waals surface area contributed by atoms with Gasteiger partial charge in [-0.25, -0.2) is 0 Å². The van der Waals surface area contributed by atoms with Crippen LogP contribution >= 0.6 is 0 Å². The molecule has 0 radical (unpaired) electrons. The Labute approximate surface area is 91.4 Å². The zero-order chi connectivity index (χ0) is 11.4. The molecule has 0 bridgehead atoms. The Hall–Kier alpha value is -0.610. The second-order valence-electron chi connectivity index (χ2n) is 4.81. The van der Waals surface area contributed by atoms with Gasteiger partial charge < -0.3 is 15.7 Å². The van der Waals surface area contributed by atoms with Crippen molar-refractivity contribution in [3.63, 3.8) is 0 Å². The zero-order valence-electron chi connectivity index (χ0n) is 9.65. The highest BCUT2D eigenvalue weighted by Gasteiger charge is 2.24. The first kappa shape index (κ1) is 12.5. The fraction of sp³-hybridized carbons (Fsp3) is 0.909. The van der Waals surface area contributed by atoms with Crippen LogP contribution in [0.5, 0.6) is 0 Å². The van der Waals surface area contributed by atoms with Crippen LogP contribution < -0.4 is 5.73 Å².